The molecule has 0 bridgehead atoms. The second kappa shape index (κ2) is 8.96. The number of H-pyrrole nitrogens is 1. The second-order valence-corrected chi connectivity index (χ2v) is 5.74. The number of nitrogens with one attached hydrogen (secondary N) is 1. The number of aromatic nitrogens is 2. The van der Waals surface area contributed by atoms with E-state index < -0.39 is 11.2 Å². The summed E-state index contributed by atoms with van der Waals surface area (Å²) < 4.78 is 7.13. The van der Waals surface area contributed by atoms with Crippen LogP contribution in [0.1, 0.15) is 26.7 Å². The van der Waals surface area contributed by atoms with Gasteiger partial charge in [-0.3, -0.25) is 14.3 Å². The maximum atomic E-state index is 12.3. The predicted molar refractivity (Wildman–Crippen MR) is 100 cm³/mol. The SMILES string of the molecule is CCCCn1c(N)c(N(CC)CCOc2ccccc2)c(=O)[nH]c1=O. The van der Waals surface area contributed by atoms with Crippen LogP contribution in [-0.2, 0) is 6.54 Å². The third-order valence-corrected chi connectivity index (χ3v) is 4.02. The first kappa shape index (κ1) is 18.6. The van der Waals surface area contributed by atoms with Crippen molar-refractivity contribution in [1.29, 1.82) is 0 Å². The van der Waals surface area contributed by atoms with Crippen LogP contribution in [0, 0.1) is 0 Å². The molecule has 0 aliphatic rings. The summed E-state index contributed by atoms with van der Waals surface area (Å²) in [5.41, 5.74) is 5.55. The van der Waals surface area contributed by atoms with Gasteiger partial charge in [-0.2, -0.15) is 0 Å². The van der Waals surface area contributed by atoms with Gasteiger partial charge in [0.1, 0.15) is 23.9 Å². The van der Waals surface area contributed by atoms with Crippen molar-refractivity contribution in [2.75, 3.05) is 30.3 Å². The summed E-state index contributed by atoms with van der Waals surface area (Å²) in [4.78, 5) is 28.5. The molecule has 0 fully saturated rings. The first-order chi connectivity index (χ1) is 12.1. The summed E-state index contributed by atoms with van der Waals surface area (Å²) in [5, 5.41) is 0. The van der Waals surface area contributed by atoms with E-state index in [0.29, 0.717) is 31.9 Å². The zero-order chi connectivity index (χ0) is 18.2. The molecule has 1 heterocycles. The quantitative estimate of drug-likeness (QED) is 0.722. The van der Waals surface area contributed by atoms with Gasteiger partial charge in [0.05, 0.1) is 6.54 Å². The Labute approximate surface area is 147 Å². The van der Waals surface area contributed by atoms with Gasteiger partial charge < -0.3 is 15.4 Å². The molecule has 0 unspecified atom stereocenters. The highest BCUT2D eigenvalue weighted by Crippen LogP contribution is 2.17. The van der Waals surface area contributed by atoms with Gasteiger partial charge in [0.15, 0.2) is 0 Å². The predicted octanol–water partition coefficient (Wildman–Crippen LogP) is 1.82. The minimum Gasteiger partial charge on any atom is -0.492 e. The minimum atomic E-state index is -0.462. The lowest BCUT2D eigenvalue weighted by Crippen LogP contribution is -2.39. The van der Waals surface area contributed by atoms with Crippen LogP contribution >= 0.6 is 0 Å². The molecule has 1 aromatic carbocycles. The number of nitrogens with two attached hydrogens (primary N) is 1. The summed E-state index contributed by atoms with van der Waals surface area (Å²) in [5.74, 6) is 0.983. The van der Waals surface area contributed by atoms with Gasteiger partial charge in [-0.05, 0) is 25.5 Å². The summed E-state index contributed by atoms with van der Waals surface area (Å²) in [6.07, 6.45) is 1.75. The molecule has 0 saturated carbocycles. The molecule has 3 N–H and O–H groups in total. The van der Waals surface area contributed by atoms with Gasteiger partial charge in [-0.25, -0.2) is 4.79 Å². The largest absolute Gasteiger partial charge is 0.492 e. The van der Waals surface area contributed by atoms with Gasteiger partial charge in [-0.15, -0.1) is 0 Å². The second-order valence-electron chi connectivity index (χ2n) is 5.74. The van der Waals surface area contributed by atoms with Crippen molar-refractivity contribution in [2.24, 2.45) is 0 Å². The Morgan fingerprint density at radius 3 is 2.56 bits per heavy atom. The van der Waals surface area contributed by atoms with E-state index in [-0.39, 0.29) is 5.82 Å². The van der Waals surface area contributed by atoms with Crippen LogP contribution in [0.3, 0.4) is 0 Å². The van der Waals surface area contributed by atoms with Crippen molar-refractivity contribution in [3.8, 4) is 5.75 Å². The van der Waals surface area contributed by atoms with E-state index in [0.717, 1.165) is 18.6 Å². The van der Waals surface area contributed by atoms with Gasteiger partial charge in [-0.1, -0.05) is 31.5 Å². The van der Waals surface area contributed by atoms with Crippen LogP contribution in [0.2, 0.25) is 0 Å². The van der Waals surface area contributed by atoms with Crippen LogP contribution in [0.5, 0.6) is 5.75 Å². The fraction of sp³-hybridized carbons (Fsp3) is 0.444. The molecule has 0 radical (unpaired) electrons. The highest BCUT2D eigenvalue weighted by molar-refractivity contribution is 5.62. The van der Waals surface area contributed by atoms with Gasteiger partial charge in [0.25, 0.3) is 5.56 Å². The van der Waals surface area contributed by atoms with Crippen LogP contribution in [0.25, 0.3) is 0 Å². The van der Waals surface area contributed by atoms with Gasteiger partial charge >= 0.3 is 5.69 Å². The molecule has 7 nitrogen and oxygen atoms in total. The van der Waals surface area contributed by atoms with Crippen LogP contribution in [-0.4, -0.2) is 29.2 Å². The number of aromatic amines is 1. The highest BCUT2D eigenvalue weighted by atomic mass is 16.5. The number of benzene rings is 1. The maximum Gasteiger partial charge on any atom is 0.330 e. The molecular weight excluding hydrogens is 320 g/mol. The Morgan fingerprint density at radius 2 is 1.92 bits per heavy atom. The number of nitrogens with zero attached hydrogens (tertiary/aromatic N) is 2. The lowest BCUT2D eigenvalue weighted by Gasteiger charge is -2.24. The molecule has 1 aromatic heterocycles. The van der Waals surface area contributed by atoms with E-state index in [1.165, 1.54) is 4.57 Å². The average molecular weight is 346 g/mol. The number of unbranched alkanes of at least 4 members (excludes halogenated alkanes) is 1. The number of para-hydroxylation sites is 1. The van der Waals surface area contributed by atoms with Crippen molar-refractivity contribution in [3.05, 3.63) is 51.2 Å². The first-order valence-corrected chi connectivity index (χ1v) is 8.63. The Morgan fingerprint density at radius 1 is 1.20 bits per heavy atom. The van der Waals surface area contributed by atoms with Crippen molar-refractivity contribution < 1.29 is 4.74 Å². The van der Waals surface area contributed by atoms with Crippen molar-refractivity contribution in [1.82, 2.24) is 9.55 Å². The molecule has 0 amide bonds. The Hall–Kier alpha value is -2.70. The highest BCUT2D eigenvalue weighted by Gasteiger charge is 2.17. The lowest BCUT2D eigenvalue weighted by atomic mass is 10.3. The van der Waals surface area contributed by atoms with Crippen LogP contribution in [0.4, 0.5) is 11.5 Å². The number of ether oxygens (including phenoxy) is 1. The number of anilines is 2. The minimum absolute atomic E-state index is 0.212. The summed E-state index contributed by atoms with van der Waals surface area (Å²) in [6.45, 7) is 5.94. The van der Waals surface area contributed by atoms with Gasteiger partial charge in [0.2, 0.25) is 0 Å². The number of hydrogen-bond acceptors (Lipinski definition) is 5. The zero-order valence-electron chi connectivity index (χ0n) is 14.8. The van der Waals surface area contributed by atoms with Gasteiger partial charge in [0, 0.05) is 13.1 Å². The number of nitrogen functional groups attached to an aromatic ring is 1. The Kier molecular flexibility index (Phi) is 6.68. The Balaban J connectivity index is 2.18. The number of rotatable bonds is 9. The molecule has 2 aromatic rings. The van der Waals surface area contributed by atoms with E-state index >= 15 is 0 Å². The Bertz CT molecular complexity index is 783. The summed E-state index contributed by atoms with van der Waals surface area (Å²) >= 11 is 0. The van der Waals surface area contributed by atoms with Crippen molar-refractivity contribution in [2.45, 2.75) is 33.2 Å². The molecule has 0 spiro atoms. The fourth-order valence-corrected chi connectivity index (χ4v) is 2.64. The van der Waals surface area contributed by atoms with E-state index in [9.17, 15) is 9.59 Å². The maximum absolute atomic E-state index is 12.3. The number of hydrogen-bond donors (Lipinski definition) is 2. The van der Waals surface area contributed by atoms with E-state index in [1.807, 2.05) is 49.1 Å². The summed E-state index contributed by atoms with van der Waals surface area (Å²) in [6, 6.07) is 9.48. The van der Waals surface area contributed by atoms with E-state index in [1.54, 1.807) is 0 Å². The van der Waals surface area contributed by atoms with Crippen molar-refractivity contribution >= 4 is 11.5 Å². The number of likely N-dealkylation sites (N-methyl/N-ethyl adjacent to an activating group) is 1. The van der Waals surface area contributed by atoms with Crippen LogP contribution in [0.15, 0.2) is 39.9 Å². The molecule has 0 atom stereocenters. The molecule has 0 saturated heterocycles. The molecule has 7 heteroatoms. The fourth-order valence-electron chi connectivity index (χ4n) is 2.64. The summed E-state index contributed by atoms with van der Waals surface area (Å²) in [7, 11) is 0. The third-order valence-electron chi connectivity index (χ3n) is 4.02. The van der Waals surface area contributed by atoms with Crippen molar-refractivity contribution in [3.63, 3.8) is 0 Å². The lowest BCUT2D eigenvalue weighted by molar-refractivity contribution is 0.324. The smallest absolute Gasteiger partial charge is 0.330 e. The average Bonchev–Trinajstić information content (AvgIpc) is 2.61. The molecule has 0 aliphatic heterocycles. The zero-order valence-corrected chi connectivity index (χ0v) is 14.8. The standard InChI is InChI=1S/C18H26N4O3/c1-3-5-11-22-16(19)15(17(23)20-18(22)24)21(4-2)12-13-25-14-9-7-6-8-10-14/h6-10H,3-5,11-13,19H2,1-2H3,(H,20,23,24). The van der Waals surface area contributed by atoms with E-state index in [2.05, 4.69) is 4.98 Å². The molecule has 136 valence electrons. The molecule has 2 rings (SSSR count). The van der Waals surface area contributed by atoms with E-state index in [4.69, 9.17) is 10.5 Å². The molecule has 25 heavy (non-hydrogen) atoms. The molecular formula is C18H26N4O3. The molecule has 0 aliphatic carbocycles. The third kappa shape index (κ3) is 4.65. The normalized spacial score (nSPS) is 10.6. The monoisotopic (exact) mass is 346 g/mol. The first-order valence-electron chi connectivity index (χ1n) is 8.63. The topological polar surface area (TPSA) is 93.3 Å². The van der Waals surface area contributed by atoms with Crippen LogP contribution < -0.4 is 26.6 Å².